The summed E-state index contributed by atoms with van der Waals surface area (Å²) >= 11 is 0. The molecule has 2 aliphatic rings. The summed E-state index contributed by atoms with van der Waals surface area (Å²) in [6.45, 7) is 4.06. The zero-order valence-electron chi connectivity index (χ0n) is 19.0. The molecule has 1 aromatic rings. The summed E-state index contributed by atoms with van der Waals surface area (Å²) in [6, 6.07) is 4.58. The van der Waals surface area contributed by atoms with Gasteiger partial charge in [0, 0.05) is 30.7 Å². The first kappa shape index (κ1) is 24.0. The van der Waals surface area contributed by atoms with Gasteiger partial charge in [-0.1, -0.05) is 19.8 Å². The van der Waals surface area contributed by atoms with Crippen molar-refractivity contribution in [3.8, 4) is 5.75 Å². The molecule has 1 N–H and O–H groups in total. The van der Waals surface area contributed by atoms with E-state index in [0.29, 0.717) is 31.2 Å². The second-order valence-corrected chi connectivity index (χ2v) is 10.8. The molecule has 0 bridgehead atoms. The van der Waals surface area contributed by atoms with Crippen LogP contribution in [-0.2, 0) is 14.8 Å². The van der Waals surface area contributed by atoms with Crippen LogP contribution in [-0.4, -0.2) is 83.1 Å². The van der Waals surface area contributed by atoms with Crippen LogP contribution >= 0.6 is 0 Å². The summed E-state index contributed by atoms with van der Waals surface area (Å²) in [5.41, 5.74) is 0.230. The number of likely N-dealkylation sites (N-methyl/N-ethyl adjacent to an activating group) is 1. The average molecular weight is 454 g/mol. The Hall–Kier alpha value is -1.68. The molecule has 1 saturated heterocycles. The van der Waals surface area contributed by atoms with Gasteiger partial charge in [-0.3, -0.25) is 4.79 Å². The summed E-state index contributed by atoms with van der Waals surface area (Å²) in [5, 5.41) is 3.06. The maximum absolute atomic E-state index is 13.2. The molecule has 2 atom stereocenters. The van der Waals surface area contributed by atoms with Gasteiger partial charge in [0.1, 0.15) is 10.6 Å². The molecule has 31 heavy (non-hydrogen) atoms. The lowest BCUT2D eigenvalue weighted by molar-refractivity contribution is 0.0675. The minimum absolute atomic E-state index is 0.0122. The average Bonchev–Trinajstić information content (AvgIpc) is 2.77. The van der Waals surface area contributed by atoms with Gasteiger partial charge in [-0.15, -0.1) is 0 Å². The molecule has 3 rings (SSSR count). The number of carbonyl (C=O) groups is 1. The van der Waals surface area contributed by atoms with Crippen LogP contribution in [0, 0.1) is 5.92 Å². The molecule has 8 nitrogen and oxygen atoms in total. The number of nitrogens with one attached hydrogen (secondary N) is 1. The van der Waals surface area contributed by atoms with Crippen LogP contribution in [0.5, 0.6) is 5.75 Å². The number of hydrogen-bond donors (Lipinski definition) is 1. The van der Waals surface area contributed by atoms with E-state index in [4.69, 9.17) is 9.47 Å². The third-order valence-electron chi connectivity index (χ3n) is 6.61. The summed E-state index contributed by atoms with van der Waals surface area (Å²) < 4.78 is 38.3. The fraction of sp³-hybridized carbons (Fsp3) is 0.682. The summed E-state index contributed by atoms with van der Waals surface area (Å²) in [6.07, 6.45) is 4.41. The van der Waals surface area contributed by atoms with Crippen LogP contribution in [0.15, 0.2) is 23.1 Å². The smallest absolute Gasteiger partial charge is 0.251 e. The highest BCUT2D eigenvalue weighted by molar-refractivity contribution is 7.89. The van der Waals surface area contributed by atoms with Gasteiger partial charge in [0.05, 0.1) is 20.3 Å². The van der Waals surface area contributed by atoms with Crippen LogP contribution in [0.25, 0.3) is 0 Å². The van der Waals surface area contributed by atoms with Crippen molar-refractivity contribution in [3.05, 3.63) is 23.8 Å². The number of hydrogen-bond acceptors (Lipinski definition) is 6. The molecular weight excluding hydrogens is 418 g/mol. The third-order valence-corrected chi connectivity index (χ3v) is 8.53. The Morgan fingerprint density at radius 3 is 2.65 bits per heavy atom. The summed E-state index contributed by atoms with van der Waals surface area (Å²) in [7, 11) is 1.76. The van der Waals surface area contributed by atoms with E-state index in [1.165, 1.54) is 23.9 Å². The Balaban J connectivity index is 1.81. The SMILES string of the molecule is COc1ccc(C(=O)NC[C@]2(N(C)C)CCC[C@@H](C)C2)cc1S(=O)(=O)N1CCOCC1. The van der Waals surface area contributed by atoms with Crippen molar-refractivity contribution in [3.63, 3.8) is 0 Å². The van der Waals surface area contributed by atoms with Gasteiger partial charge in [0.25, 0.3) is 5.91 Å². The lowest BCUT2D eigenvalue weighted by Crippen LogP contribution is -2.55. The van der Waals surface area contributed by atoms with Crippen LogP contribution in [0.3, 0.4) is 0 Å². The Morgan fingerprint density at radius 1 is 1.32 bits per heavy atom. The van der Waals surface area contributed by atoms with E-state index in [9.17, 15) is 13.2 Å². The van der Waals surface area contributed by atoms with E-state index in [-0.39, 0.29) is 35.2 Å². The lowest BCUT2D eigenvalue weighted by atomic mass is 9.75. The van der Waals surface area contributed by atoms with E-state index < -0.39 is 10.0 Å². The van der Waals surface area contributed by atoms with Gasteiger partial charge in [-0.05, 0) is 51.1 Å². The van der Waals surface area contributed by atoms with Gasteiger partial charge in [0.2, 0.25) is 10.0 Å². The van der Waals surface area contributed by atoms with E-state index >= 15 is 0 Å². The first-order valence-electron chi connectivity index (χ1n) is 10.9. The fourth-order valence-corrected chi connectivity index (χ4v) is 6.24. The van der Waals surface area contributed by atoms with Crippen molar-refractivity contribution in [2.24, 2.45) is 5.92 Å². The van der Waals surface area contributed by atoms with Gasteiger partial charge < -0.3 is 19.7 Å². The predicted octanol–water partition coefficient (Wildman–Crippen LogP) is 1.96. The van der Waals surface area contributed by atoms with E-state index in [0.717, 1.165) is 19.3 Å². The van der Waals surface area contributed by atoms with Gasteiger partial charge in [0.15, 0.2) is 0 Å². The largest absolute Gasteiger partial charge is 0.495 e. The Labute approximate surface area is 185 Å². The Morgan fingerprint density at radius 2 is 2.03 bits per heavy atom. The van der Waals surface area contributed by atoms with Crippen LogP contribution in [0.2, 0.25) is 0 Å². The second kappa shape index (κ2) is 9.85. The molecule has 0 aromatic heterocycles. The molecule has 174 valence electrons. The van der Waals surface area contributed by atoms with Crippen LogP contribution in [0.4, 0.5) is 0 Å². The quantitative estimate of drug-likeness (QED) is 0.679. The normalized spacial score (nSPS) is 25.4. The molecular formula is C22H35N3O5S. The number of benzene rings is 1. The van der Waals surface area contributed by atoms with Gasteiger partial charge in [-0.25, -0.2) is 8.42 Å². The van der Waals surface area contributed by atoms with Crippen molar-refractivity contribution in [1.29, 1.82) is 0 Å². The third kappa shape index (κ3) is 5.22. The maximum atomic E-state index is 13.2. The molecule has 0 unspecified atom stereocenters. The summed E-state index contributed by atoms with van der Waals surface area (Å²) in [4.78, 5) is 15.2. The number of amides is 1. The van der Waals surface area contributed by atoms with Crippen molar-refractivity contribution in [1.82, 2.24) is 14.5 Å². The number of rotatable bonds is 7. The predicted molar refractivity (Wildman–Crippen MR) is 119 cm³/mol. The molecule has 1 amide bonds. The lowest BCUT2D eigenvalue weighted by Gasteiger charge is -2.45. The first-order valence-corrected chi connectivity index (χ1v) is 12.4. The first-order chi connectivity index (χ1) is 14.7. The topological polar surface area (TPSA) is 88.2 Å². The van der Waals surface area contributed by atoms with E-state index in [1.54, 1.807) is 12.1 Å². The van der Waals surface area contributed by atoms with Gasteiger partial charge >= 0.3 is 0 Å². The van der Waals surface area contributed by atoms with Crippen molar-refractivity contribution in [2.75, 3.05) is 54.1 Å². The minimum Gasteiger partial charge on any atom is -0.495 e. The standard InChI is InChI=1S/C22H35N3O5S/c1-17-6-5-9-22(15-17,24(2)3)16-23-21(26)18-7-8-19(29-4)20(14-18)31(27,28)25-10-12-30-13-11-25/h7-8,14,17H,5-6,9-13,15-16H2,1-4H3,(H,23,26)/t17-,22+/m1/s1. The van der Waals surface area contributed by atoms with Crippen LogP contribution in [0.1, 0.15) is 43.0 Å². The molecule has 1 heterocycles. The zero-order valence-corrected chi connectivity index (χ0v) is 19.8. The zero-order chi connectivity index (χ0) is 22.6. The number of methoxy groups -OCH3 is 1. The van der Waals surface area contributed by atoms with Crippen molar-refractivity contribution < 1.29 is 22.7 Å². The molecule has 0 spiro atoms. The monoisotopic (exact) mass is 453 g/mol. The second-order valence-electron chi connectivity index (χ2n) is 8.89. The van der Waals surface area contributed by atoms with Gasteiger partial charge in [-0.2, -0.15) is 4.31 Å². The molecule has 1 saturated carbocycles. The number of nitrogens with zero attached hydrogens (tertiary/aromatic N) is 2. The number of carbonyl (C=O) groups excluding carboxylic acids is 1. The van der Waals surface area contributed by atoms with E-state index in [1.807, 2.05) is 0 Å². The molecule has 1 aliphatic heterocycles. The summed E-state index contributed by atoms with van der Waals surface area (Å²) in [5.74, 6) is 0.564. The van der Waals surface area contributed by atoms with Crippen molar-refractivity contribution >= 4 is 15.9 Å². The number of morpholine rings is 1. The molecule has 9 heteroatoms. The number of ether oxygens (including phenoxy) is 2. The molecule has 2 fully saturated rings. The highest BCUT2D eigenvalue weighted by atomic mass is 32.2. The Kier molecular flexibility index (Phi) is 7.62. The maximum Gasteiger partial charge on any atom is 0.251 e. The fourth-order valence-electron chi connectivity index (χ4n) is 4.65. The van der Waals surface area contributed by atoms with Crippen molar-refractivity contribution in [2.45, 2.75) is 43.0 Å². The highest BCUT2D eigenvalue weighted by Crippen LogP contribution is 2.35. The molecule has 1 aliphatic carbocycles. The van der Waals surface area contributed by atoms with Crippen LogP contribution < -0.4 is 10.1 Å². The van der Waals surface area contributed by atoms with E-state index in [2.05, 4.69) is 31.2 Å². The number of sulfonamides is 1. The molecule has 0 radical (unpaired) electrons. The Bertz CT molecular complexity index is 883. The molecule has 1 aromatic carbocycles. The minimum atomic E-state index is -3.79. The highest BCUT2D eigenvalue weighted by Gasteiger charge is 2.37.